The van der Waals surface area contributed by atoms with Gasteiger partial charge in [0.2, 0.25) is 0 Å². The number of ketones is 1. The zero-order valence-electron chi connectivity index (χ0n) is 22.8. The molecule has 3 aliphatic rings. The lowest BCUT2D eigenvalue weighted by atomic mass is 9.43. The normalized spacial score (nSPS) is 39.9. The smallest absolute Gasteiger partial charge is 0.312 e. The Morgan fingerprint density at radius 3 is 2.31 bits per heavy atom. The van der Waals surface area contributed by atoms with Crippen LogP contribution in [0.15, 0.2) is 47.1 Å². The van der Waals surface area contributed by atoms with Crippen LogP contribution in [0, 0.1) is 28.1 Å². The van der Waals surface area contributed by atoms with Crippen molar-refractivity contribution in [2.45, 2.75) is 98.4 Å². The molecule has 3 saturated carbocycles. The number of rotatable bonds is 6. The summed E-state index contributed by atoms with van der Waals surface area (Å²) in [5.74, 6) is -0.933. The van der Waals surface area contributed by atoms with Crippen LogP contribution in [-0.2, 0) is 9.59 Å². The zero-order chi connectivity index (χ0) is 27.3. The summed E-state index contributed by atoms with van der Waals surface area (Å²) in [6.45, 7) is 13.0. The van der Waals surface area contributed by atoms with Gasteiger partial charge in [-0.05, 0) is 83.1 Å². The molecule has 36 heavy (non-hydrogen) atoms. The van der Waals surface area contributed by atoms with Gasteiger partial charge in [-0.15, -0.1) is 0 Å². The highest BCUT2D eigenvalue weighted by Crippen LogP contribution is 2.69. The van der Waals surface area contributed by atoms with E-state index < -0.39 is 29.2 Å². The number of hydrogen-bond donors (Lipinski definition) is 4. The summed E-state index contributed by atoms with van der Waals surface area (Å²) in [7, 11) is 0. The van der Waals surface area contributed by atoms with E-state index in [1.807, 2.05) is 32.1 Å². The van der Waals surface area contributed by atoms with Gasteiger partial charge in [0, 0.05) is 17.4 Å². The van der Waals surface area contributed by atoms with Crippen LogP contribution in [-0.4, -0.2) is 50.0 Å². The number of Topliss-reactive ketones (excluding diaryl/α,β-unsaturated/α-hetero) is 1. The largest absolute Gasteiger partial charge is 0.481 e. The number of allylic oxidation sites excluding steroid dienone is 7. The molecule has 7 atom stereocenters. The summed E-state index contributed by atoms with van der Waals surface area (Å²) in [4.78, 5) is 25.7. The number of fused-ring (bicyclic) bond motifs is 3. The molecule has 6 nitrogen and oxygen atoms in total. The van der Waals surface area contributed by atoms with E-state index >= 15 is 0 Å². The summed E-state index contributed by atoms with van der Waals surface area (Å²) >= 11 is 0. The van der Waals surface area contributed by atoms with E-state index in [9.17, 15) is 30.0 Å². The van der Waals surface area contributed by atoms with Gasteiger partial charge in [-0.1, -0.05) is 49.8 Å². The maximum Gasteiger partial charge on any atom is 0.312 e. The fourth-order valence-electron chi connectivity index (χ4n) is 7.52. The number of carboxylic acid groups (broad SMARTS) is 1. The first-order valence-corrected chi connectivity index (χ1v) is 13.1. The fraction of sp³-hybridized carbons (Fsp3) is 0.667. The van der Waals surface area contributed by atoms with E-state index in [0.717, 1.165) is 29.6 Å². The first kappa shape index (κ1) is 28.5. The highest BCUT2D eigenvalue weighted by molar-refractivity contribution is 6.01. The Labute approximate surface area is 215 Å². The summed E-state index contributed by atoms with van der Waals surface area (Å²) in [6.07, 6.45) is 10.2. The molecule has 0 saturated heterocycles. The molecule has 1 unspecified atom stereocenters. The highest BCUT2D eigenvalue weighted by atomic mass is 16.4. The van der Waals surface area contributed by atoms with Crippen LogP contribution in [0.5, 0.6) is 0 Å². The predicted molar refractivity (Wildman–Crippen MR) is 140 cm³/mol. The van der Waals surface area contributed by atoms with Gasteiger partial charge in [0.05, 0.1) is 17.1 Å². The molecule has 0 spiro atoms. The number of carboxylic acids is 1. The van der Waals surface area contributed by atoms with Crippen LogP contribution in [0.1, 0.15) is 80.6 Å². The lowest BCUT2D eigenvalue weighted by Crippen LogP contribution is -2.61. The second-order valence-corrected chi connectivity index (χ2v) is 12.6. The van der Waals surface area contributed by atoms with Gasteiger partial charge in [0.1, 0.15) is 6.10 Å². The molecule has 6 heteroatoms. The third-order valence-corrected chi connectivity index (χ3v) is 9.75. The number of carbonyl (C=O) groups is 2. The summed E-state index contributed by atoms with van der Waals surface area (Å²) < 4.78 is 0. The SMILES string of the molecule is CC(/C=C/C=C(C)/C=C/C(O)C(C)(C)O)=C1/C(=O)C[C@H]2[C@@]3(C)CC[C@@H](O)[C@](C)(C(=O)O)[C@@H]3CC[C@]12C. The monoisotopic (exact) mass is 500 g/mol. The van der Waals surface area contributed by atoms with Gasteiger partial charge in [-0.3, -0.25) is 9.59 Å². The third-order valence-electron chi connectivity index (χ3n) is 9.75. The molecule has 0 heterocycles. The van der Waals surface area contributed by atoms with Crippen molar-refractivity contribution in [2.75, 3.05) is 0 Å². The van der Waals surface area contributed by atoms with E-state index in [0.29, 0.717) is 19.3 Å². The maximum atomic E-state index is 13.4. The predicted octanol–water partition coefficient (Wildman–Crippen LogP) is 4.75. The van der Waals surface area contributed by atoms with Crippen molar-refractivity contribution >= 4 is 11.8 Å². The van der Waals surface area contributed by atoms with Crippen molar-refractivity contribution in [2.24, 2.45) is 28.1 Å². The minimum absolute atomic E-state index is 0.0457. The Balaban J connectivity index is 1.89. The third kappa shape index (κ3) is 4.68. The molecular weight excluding hydrogens is 456 g/mol. The quantitative estimate of drug-likeness (QED) is 0.309. The summed E-state index contributed by atoms with van der Waals surface area (Å²) in [5.41, 5.74) is -0.392. The molecule has 200 valence electrons. The van der Waals surface area contributed by atoms with Crippen molar-refractivity contribution in [3.8, 4) is 0 Å². The molecule has 0 amide bonds. The van der Waals surface area contributed by atoms with E-state index in [1.54, 1.807) is 32.9 Å². The fourth-order valence-corrected chi connectivity index (χ4v) is 7.52. The van der Waals surface area contributed by atoms with Gasteiger partial charge >= 0.3 is 5.97 Å². The molecule has 4 N–H and O–H groups in total. The molecule has 0 bridgehead atoms. The molecule has 0 radical (unpaired) electrons. The number of aliphatic hydroxyl groups is 3. The van der Waals surface area contributed by atoms with Crippen LogP contribution in [0.4, 0.5) is 0 Å². The molecule has 0 aromatic carbocycles. The van der Waals surface area contributed by atoms with Crippen molar-refractivity contribution in [1.82, 2.24) is 0 Å². The van der Waals surface area contributed by atoms with E-state index in [1.165, 1.54) is 0 Å². The van der Waals surface area contributed by atoms with Gasteiger partial charge in [0.25, 0.3) is 0 Å². The van der Waals surface area contributed by atoms with Crippen molar-refractivity contribution in [3.63, 3.8) is 0 Å². The van der Waals surface area contributed by atoms with Gasteiger partial charge in [-0.25, -0.2) is 0 Å². The van der Waals surface area contributed by atoms with Crippen LogP contribution < -0.4 is 0 Å². The molecule has 0 aliphatic heterocycles. The highest BCUT2D eigenvalue weighted by Gasteiger charge is 2.67. The van der Waals surface area contributed by atoms with Crippen LogP contribution in [0.2, 0.25) is 0 Å². The van der Waals surface area contributed by atoms with Crippen LogP contribution in [0.3, 0.4) is 0 Å². The first-order valence-electron chi connectivity index (χ1n) is 13.1. The van der Waals surface area contributed by atoms with Gasteiger partial charge < -0.3 is 20.4 Å². The first-order chi connectivity index (χ1) is 16.5. The van der Waals surface area contributed by atoms with Gasteiger partial charge in [-0.2, -0.15) is 0 Å². The molecule has 0 aromatic rings. The molecular formula is C30H44O6. The summed E-state index contributed by atoms with van der Waals surface area (Å²) in [5, 5.41) is 40.6. The Hall–Kier alpha value is -2.02. The van der Waals surface area contributed by atoms with Crippen molar-refractivity contribution in [1.29, 1.82) is 0 Å². The number of carbonyl (C=O) groups excluding carboxylic acids is 1. The average Bonchev–Trinajstić information content (AvgIpc) is 3.05. The number of aliphatic carboxylic acids is 1. The second-order valence-electron chi connectivity index (χ2n) is 12.6. The lowest BCUT2D eigenvalue weighted by Gasteiger charge is -2.61. The molecule has 3 rings (SSSR count). The number of hydrogen-bond acceptors (Lipinski definition) is 5. The van der Waals surface area contributed by atoms with E-state index in [4.69, 9.17) is 0 Å². The Morgan fingerprint density at radius 1 is 1.08 bits per heavy atom. The minimum atomic E-state index is -1.21. The Bertz CT molecular complexity index is 1030. The Morgan fingerprint density at radius 2 is 1.72 bits per heavy atom. The molecule has 3 fully saturated rings. The summed E-state index contributed by atoms with van der Waals surface area (Å²) in [6, 6.07) is 0. The molecule has 3 aliphatic carbocycles. The topological polar surface area (TPSA) is 115 Å². The lowest BCUT2D eigenvalue weighted by molar-refractivity contribution is -0.194. The van der Waals surface area contributed by atoms with E-state index in [-0.39, 0.29) is 28.4 Å². The van der Waals surface area contributed by atoms with Crippen LogP contribution in [0.25, 0.3) is 0 Å². The molecule has 0 aromatic heterocycles. The second kappa shape index (κ2) is 9.70. The average molecular weight is 501 g/mol. The van der Waals surface area contributed by atoms with E-state index in [2.05, 4.69) is 13.8 Å². The van der Waals surface area contributed by atoms with Crippen molar-refractivity contribution < 1.29 is 30.0 Å². The van der Waals surface area contributed by atoms with Crippen LogP contribution >= 0.6 is 0 Å². The van der Waals surface area contributed by atoms with Gasteiger partial charge in [0.15, 0.2) is 5.78 Å². The minimum Gasteiger partial charge on any atom is -0.481 e. The zero-order valence-corrected chi connectivity index (χ0v) is 22.8. The van der Waals surface area contributed by atoms with Crippen molar-refractivity contribution in [3.05, 3.63) is 47.1 Å². The Kier molecular flexibility index (Phi) is 7.69. The standard InChI is InChI=1S/C30H44O6/c1-18(11-12-23(32)27(3,4)36)9-8-10-19(2)25-20(31)17-22-28(5)16-14-24(33)30(7,26(34)35)21(28)13-15-29(22,25)6/h8-12,21-24,32-33,36H,13-17H2,1-7H3,(H,34,35)/b10-8+,12-11+,18-9+,25-19+/t21-,22+,23?,24-,28+,29+,30-/m1/s1. The maximum absolute atomic E-state index is 13.4. The number of aliphatic hydroxyl groups excluding tert-OH is 2.